The van der Waals surface area contributed by atoms with Crippen LogP contribution in [0, 0.1) is 5.82 Å². The van der Waals surface area contributed by atoms with Gasteiger partial charge in [-0.1, -0.05) is 0 Å². The molecule has 0 fully saturated rings. The van der Waals surface area contributed by atoms with Crippen molar-refractivity contribution in [1.82, 2.24) is 0 Å². The lowest BCUT2D eigenvalue weighted by Gasteiger charge is -2.10. The van der Waals surface area contributed by atoms with Gasteiger partial charge in [0, 0.05) is 23.4 Å². The maximum atomic E-state index is 13.8. The molecule has 2 aromatic carbocycles. The van der Waals surface area contributed by atoms with Crippen molar-refractivity contribution >= 4 is 11.6 Å². The lowest BCUT2D eigenvalue weighted by atomic mass is 10.1. The Labute approximate surface area is 134 Å². The fourth-order valence-electron chi connectivity index (χ4n) is 1.99. The van der Waals surface area contributed by atoms with E-state index >= 15 is 0 Å². The van der Waals surface area contributed by atoms with Gasteiger partial charge in [-0.15, -0.1) is 0 Å². The number of methoxy groups -OCH3 is 2. The summed E-state index contributed by atoms with van der Waals surface area (Å²) >= 11 is 0. The van der Waals surface area contributed by atoms with Gasteiger partial charge >= 0.3 is 0 Å². The van der Waals surface area contributed by atoms with Gasteiger partial charge in [0.2, 0.25) is 0 Å². The number of halogens is 1. The van der Waals surface area contributed by atoms with Gasteiger partial charge in [-0.25, -0.2) is 4.39 Å². The molecule has 0 unspecified atom stereocenters. The van der Waals surface area contributed by atoms with Crippen LogP contribution in [0.3, 0.4) is 0 Å². The summed E-state index contributed by atoms with van der Waals surface area (Å²) in [6.07, 6.45) is 0. The van der Waals surface area contributed by atoms with E-state index in [9.17, 15) is 9.18 Å². The average Bonchev–Trinajstić information content (AvgIpc) is 2.56. The zero-order valence-corrected chi connectivity index (χ0v) is 13.2. The highest BCUT2D eigenvalue weighted by Crippen LogP contribution is 2.25. The van der Waals surface area contributed by atoms with Crippen LogP contribution < -0.4 is 19.5 Å². The molecule has 1 N–H and O–H groups in total. The van der Waals surface area contributed by atoms with Crippen LogP contribution in [0.25, 0.3) is 0 Å². The van der Waals surface area contributed by atoms with E-state index in [1.807, 2.05) is 0 Å². The van der Waals surface area contributed by atoms with Gasteiger partial charge in [-0.3, -0.25) is 4.79 Å². The van der Waals surface area contributed by atoms with E-state index in [0.717, 1.165) is 0 Å². The molecule has 2 rings (SSSR count). The quantitative estimate of drug-likeness (QED) is 0.885. The highest BCUT2D eigenvalue weighted by Gasteiger charge is 2.12. The van der Waals surface area contributed by atoms with Gasteiger partial charge in [-0.2, -0.15) is 0 Å². The molecule has 0 saturated carbocycles. The summed E-state index contributed by atoms with van der Waals surface area (Å²) in [6.45, 7) is 2.14. The van der Waals surface area contributed by atoms with Crippen LogP contribution in [0.2, 0.25) is 0 Å². The maximum absolute atomic E-state index is 13.8. The third kappa shape index (κ3) is 4.12. The predicted octanol–water partition coefficient (Wildman–Crippen LogP) is 3.49. The molecule has 0 atom stereocenters. The molecule has 0 spiro atoms. The summed E-state index contributed by atoms with van der Waals surface area (Å²) in [6, 6.07) is 9.06. The summed E-state index contributed by atoms with van der Waals surface area (Å²) < 4.78 is 29.2. The van der Waals surface area contributed by atoms with E-state index < -0.39 is 11.7 Å². The molecule has 0 aromatic heterocycles. The van der Waals surface area contributed by atoms with Gasteiger partial charge in [0.15, 0.2) is 11.6 Å². The van der Waals surface area contributed by atoms with Crippen LogP contribution in [0.4, 0.5) is 10.1 Å². The second-order valence-corrected chi connectivity index (χ2v) is 4.63. The Morgan fingerprint density at radius 3 is 2.26 bits per heavy atom. The first kappa shape index (κ1) is 16.6. The number of hydrogen-bond donors (Lipinski definition) is 1. The van der Waals surface area contributed by atoms with Gasteiger partial charge in [0.05, 0.1) is 20.8 Å². The minimum absolute atomic E-state index is 0.147. The summed E-state index contributed by atoms with van der Waals surface area (Å²) in [7, 11) is 3.00. The van der Waals surface area contributed by atoms with Crippen LogP contribution in [0.5, 0.6) is 17.2 Å². The highest BCUT2D eigenvalue weighted by atomic mass is 19.1. The van der Waals surface area contributed by atoms with Gasteiger partial charge < -0.3 is 19.5 Å². The van der Waals surface area contributed by atoms with Crippen LogP contribution in [0.1, 0.15) is 17.3 Å². The third-order valence-corrected chi connectivity index (χ3v) is 3.10. The third-order valence-electron chi connectivity index (χ3n) is 3.10. The molecule has 0 heterocycles. The lowest BCUT2D eigenvalue weighted by molar-refractivity contribution is 0.102. The zero-order chi connectivity index (χ0) is 16.8. The minimum atomic E-state index is -0.534. The van der Waals surface area contributed by atoms with Crippen LogP contribution in [-0.4, -0.2) is 26.7 Å². The van der Waals surface area contributed by atoms with Crippen molar-refractivity contribution < 1.29 is 23.4 Å². The standard InChI is InChI=1S/C17H18FNO4/c1-4-23-16-6-5-12(9-15(16)18)19-17(20)11-7-13(21-2)10-14(8-11)22-3/h5-10H,4H2,1-3H3,(H,19,20). The highest BCUT2D eigenvalue weighted by molar-refractivity contribution is 6.04. The van der Waals surface area contributed by atoms with Crippen molar-refractivity contribution in [2.45, 2.75) is 6.92 Å². The van der Waals surface area contributed by atoms with E-state index in [1.165, 1.54) is 26.4 Å². The summed E-state index contributed by atoms with van der Waals surface area (Å²) in [5.74, 6) is 0.201. The largest absolute Gasteiger partial charge is 0.497 e. The van der Waals surface area contributed by atoms with E-state index in [0.29, 0.717) is 29.4 Å². The number of rotatable bonds is 6. The topological polar surface area (TPSA) is 56.8 Å². The smallest absolute Gasteiger partial charge is 0.255 e. The molecule has 122 valence electrons. The minimum Gasteiger partial charge on any atom is -0.497 e. The second kappa shape index (κ2) is 7.49. The summed E-state index contributed by atoms with van der Waals surface area (Å²) in [5, 5.41) is 2.63. The Bertz CT molecular complexity index is 681. The molecule has 0 radical (unpaired) electrons. The van der Waals surface area contributed by atoms with Crippen LogP contribution in [0.15, 0.2) is 36.4 Å². The number of ether oxygens (including phenoxy) is 3. The number of amides is 1. The van der Waals surface area contributed by atoms with Gasteiger partial charge in [0.1, 0.15) is 11.5 Å². The molecule has 6 heteroatoms. The summed E-state index contributed by atoms with van der Waals surface area (Å²) in [4.78, 5) is 12.3. The van der Waals surface area contributed by atoms with E-state index in [-0.39, 0.29) is 5.75 Å². The lowest BCUT2D eigenvalue weighted by Crippen LogP contribution is -2.12. The normalized spacial score (nSPS) is 10.1. The fourth-order valence-corrected chi connectivity index (χ4v) is 1.99. The first-order valence-electron chi connectivity index (χ1n) is 7.04. The Balaban J connectivity index is 2.20. The Morgan fingerprint density at radius 1 is 1.09 bits per heavy atom. The SMILES string of the molecule is CCOc1ccc(NC(=O)c2cc(OC)cc(OC)c2)cc1F. The Morgan fingerprint density at radius 2 is 1.74 bits per heavy atom. The van der Waals surface area contributed by atoms with E-state index in [1.54, 1.807) is 31.2 Å². The first-order valence-corrected chi connectivity index (χ1v) is 7.04. The van der Waals surface area contributed by atoms with Gasteiger partial charge in [0.25, 0.3) is 5.91 Å². The first-order chi connectivity index (χ1) is 11.1. The number of nitrogens with one attached hydrogen (secondary N) is 1. The molecule has 0 saturated heterocycles. The Kier molecular flexibility index (Phi) is 5.41. The van der Waals surface area contributed by atoms with Crippen molar-refractivity contribution in [3.8, 4) is 17.2 Å². The van der Waals surface area contributed by atoms with Crippen LogP contribution >= 0.6 is 0 Å². The molecule has 0 bridgehead atoms. The molecular formula is C17H18FNO4. The molecular weight excluding hydrogens is 301 g/mol. The predicted molar refractivity (Wildman–Crippen MR) is 85.1 cm³/mol. The molecule has 0 aliphatic carbocycles. The average molecular weight is 319 g/mol. The number of carbonyl (C=O) groups excluding carboxylic acids is 1. The van der Waals surface area contributed by atoms with Crippen molar-refractivity contribution in [3.05, 3.63) is 47.8 Å². The molecule has 23 heavy (non-hydrogen) atoms. The molecule has 5 nitrogen and oxygen atoms in total. The number of anilines is 1. The second-order valence-electron chi connectivity index (χ2n) is 4.63. The number of benzene rings is 2. The Hall–Kier alpha value is -2.76. The molecule has 2 aromatic rings. The monoisotopic (exact) mass is 319 g/mol. The van der Waals surface area contributed by atoms with Crippen molar-refractivity contribution in [3.63, 3.8) is 0 Å². The van der Waals surface area contributed by atoms with Crippen molar-refractivity contribution in [1.29, 1.82) is 0 Å². The van der Waals surface area contributed by atoms with Gasteiger partial charge in [-0.05, 0) is 31.2 Å². The number of carbonyl (C=O) groups is 1. The van der Waals surface area contributed by atoms with Crippen molar-refractivity contribution in [2.75, 3.05) is 26.1 Å². The molecule has 1 amide bonds. The van der Waals surface area contributed by atoms with E-state index in [2.05, 4.69) is 5.32 Å². The van der Waals surface area contributed by atoms with Crippen molar-refractivity contribution in [2.24, 2.45) is 0 Å². The maximum Gasteiger partial charge on any atom is 0.255 e. The zero-order valence-electron chi connectivity index (χ0n) is 13.2. The molecule has 0 aliphatic rings. The fraction of sp³-hybridized carbons (Fsp3) is 0.235. The van der Waals surface area contributed by atoms with Crippen LogP contribution in [-0.2, 0) is 0 Å². The number of hydrogen-bond acceptors (Lipinski definition) is 4. The van der Waals surface area contributed by atoms with E-state index in [4.69, 9.17) is 14.2 Å². The molecule has 0 aliphatic heterocycles. The summed E-state index contributed by atoms with van der Waals surface area (Å²) in [5.41, 5.74) is 0.674.